The molecule has 0 aliphatic rings. The first-order chi connectivity index (χ1) is 15.4. The highest BCUT2D eigenvalue weighted by Crippen LogP contribution is 2.14. The van der Waals surface area contributed by atoms with Crippen molar-refractivity contribution < 1.29 is 4.84 Å². The molecule has 0 aliphatic carbocycles. The number of benzene rings is 1. The average Bonchev–Trinajstić information content (AvgIpc) is 2.80. The van der Waals surface area contributed by atoms with Crippen LogP contribution in [0.25, 0.3) is 0 Å². The molecule has 0 atom stereocenters. The second-order valence-corrected chi connectivity index (χ2v) is 9.37. The van der Waals surface area contributed by atoms with E-state index < -0.39 is 0 Å². The summed E-state index contributed by atoms with van der Waals surface area (Å²) in [6, 6.07) is 10.4. The highest BCUT2D eigenvalue weighted by atomic mass is 16.6. The fraction of sp³-hybridized carbons (Fsp3) is 0.793. The molecule has 31 heavy (non-hydrogen) atoms. The molecule has 0 bridgehead atoms. The van der Waals surface area contributed by atoms with Crippen LogP contribution in [0.3, 0.4) is 0 Å². The van der Waals surface area contributed by atoms with Crippen molar-refractivity contribution in [1.82, 2.24) is 5.48 Å². The first-order valence-electron chi connectivity index (χ1n) is 13.8. The maximum Gasteiger partial charge on any atom is 0.0682 e. The van der Waals surface area contributed by atoms with Crippen molar-refractivity contribution in [2.24, 2.45) is 0 Å². The molecule has 0 fully saturated rings. The van der Waals surface area contributed by atoms with Crippen molar-refractivity contribution in [2.45, 2.75) is 142 Å². The zero-order valence-corrected chi connectivity index (χ0v) is 20.9. The minimum atomic E-state index is 0.792. The smallest absolute Gasteiger partial charge is 0.0682 e. The van der Waals surface area contributed by atoms with Gasteiger partial charge in [-0.15, -0.1) is 0 Å². The molecular weight excluding hydrogens is 378 g/mol. The largest absolute Gasteiger partial charge is 0.301 e. The third-order valence-corrected chi connectivity index (χ3v) is 6.32. The van der Waals surface area contributed by atoms with E-state index in [1.54, 1.807) is 0 Å². The van der Waals surface area contributed by atoms with Crippen molar-refractivity contribution >= 4 is 0 Å². The lowest BCUT2D eigenvalue weighted by atomic mass is 10.0. The van der Waals surface area contributed by atoms with Gasteiger partial charge in [0.25, 0.3) is 0 Å². The molecule has 0 amide bonds. The van der Waals surface area contributed by atoms with Crippen LogP contribution in [0.2, 0.25) is 0 Å². The van der Waals surface area contributed by atoms with Crippen LogP contribution in [0.5, 0.6) is 0 Å². The maximum absolute atomic E-state index is 5.52. The topological polar surface area (TPSA) is 21.3 Å². The lowest BCUT2D eigenvalue weighted by Gasteiger charge is -2.06. The van der Waals surface area contributed by atoms with Crippen LogP contribution < -0.4 is 5.48 Å². The van der Waals surface area contributed by atoms with E-state index in [9.17, 15) is 0 Å². The Bertz CT molecular complexity index is 447. The van der Waals surface area contributed by atoms with E-state index in [4.69, 9.17) is 4.84 Å². The molecule has 1 N–H and O–H groups in total. The Morgan fingerprint density at radius 2 is 0.903 bits per heavy atom. The van der Waals surface area contributed by atoms with Gasteiger partial charge in [0.15, 0.2) is 0 Å². The molecule has 0 spiro atoms. The fourth-order valence-electron chi connectivity index (χ4n) is 4.23. The van der Waals surface area contributed by atoms with Gasteiger partial charge < -0.3 is 4.84 Å². The van der Waals surface area contributed by atoms with Crippen molar-refractivity contribution in [3.8, 4) is 0 Å². The first kappa shape index (κ1) is 28.2. The van der Waals surface area contributed by atoms with Crippen LogP contribution in [0.15, 0.2) is 30.3 Å². The van der Waals surface area contributed by atoms with Gasteiger partial charge in [0.05, 0.1) is 6.61 Å². The summed E-state index contributed by atoms with van der Waals surface area (Å²) in [7, 11) is 0. The predicted molar refractivity (Wildman–Crippen MR) is 137 cm³/mol. The third kappa shape index (κ3) is 20.8. The number of hydrogen-bond acceptors (Lipinski definition) is 2. The summed E-state index contributed by atoms with van der Waals surface area (Å²) in [5.74, 6) is 0. The second kappa shape index (κ2) is 23.8. The SMILES string of the molecule is CCCCCCCCCCCCCCCCCCCCCCONCc1ccccc1. The van der Waals surface area contributed by atoms with Crippen LogP contribution in [-0.4, -0.2) is 6.61 Å². The normalized spacial score (nSPS) is 11.3. The zero-order chi connectivity index (χ0) is 22.1. The van der Waals surface area contributed by atoms with E-state index in [-0.39, 0.29) is 0 Å². The summed E-state index contributed by atoms with van der Waals surface area (Å²) >= 11 is 0. The van der Waals surface area contributed by atoms with Gasteiger partial charge in [0.1, 0.15) is 0 Å². The van der Waals surface area contributed by atoms with Gasteiger partial charge in [0.2, 0.25) is 0 Å². The van der Waals surface area contributed by atoms with Crippen molar-refractivity contribution in [3.05, 3.63) is 35.9 Å². The monoisotopic (exact) mass is 431 g/mol. The van der Waals surface area contributed by atoms with E-state index in [0.717, 1.165) is 13.2 Å². The second-order valence-electron chi connectivity index (χ2n) is 9.37. The molecule has 1 aromatic rings. The number of hydrogen-bond donors (Lipinski definition) is 1. The molecule has 0 aromatic heterocycles. The summed E-state index contributed by atoms with van der Waals surface area (Å²) in [6.07, 6.45) is 28.5. The Balaban J connectivity index is 1.65. The van der Waals surface area contributed by atoms with Gasteiger partial charge in [-0.2, -0.15) is 5.48 Å². The number of hydroxylamine groups is 1. The Kier molecular flexibility index (Phi) is 21.6. The van der Waals surface area contributed by atoms with E-state index in [0.29, 0.717) is 0 Å². The molecule has 0 saturated heterocycles. The molecule has 0 radical (unpaired) electrons. The third-order valence-electron chi connectivity index (χ3n) is 6.32. The Labute approximate surface area is 194 Å². The zero-order valence-electron chi connectivity index (χ0n) is 20.9. The fourth-order valence-corrected chi connectivity index (χ4v) is 4.23. The molecule has 1 rings (SSSR count). The van der Waals surface area contributed by atoms with Gasteiger partial charge in [-0.05, 0) is 12.0 Å². The Morgan fingerprint density at radius 1 is 0.516 bits per heavy atom. The lowest BCUT2D eigenvalue weighted by molar-refractivity contribution is 0.0340. The molecule has 2 heteroatoms. The standard InChI is InChI=1S/C29H53NO/c1-2-3-4-5-6-7-8-9-10-11-12-13-14-15-16-17-18-19-20-24-27-31-30-28-29-25-22-21-23-26-29/h21-23,25-26,30H,2-20,24,27-28H2,1H3. The van der Waals surface area contributed by atoms with Gasteiger partial charge >= 0.3 is 0 Å². The van der Waals surface area contributed by atoms with Gasteiger partial charge in [-0.1, -0.05) is 159 Å². The van der Waals surface area contributed by atoms with Crippen molar-refractivity contribution in [2.75, 3.05) is 6.61 Å². The molecule has 1 aromatic carbocycles. The summed E-state index contributed by atoms with van der Waals surface area (Å²) in [5.41, 5.74) is 4.33. The summed E-state index contributed by atoms with van der Waals surface area (Å²) < 4.78 is 0. The lowest BCUT2D eigenvalue weighted by Crippen LogP contribution is -2.14. The highest BCUT2D eigenvalue weighted by Gasteiger charge is 1.96. The van der Waals surface area contributed by atoms with Gasteiger partial charge in [-0.3, -0.25) is 0 Å². The summed E-state index contributed by atoms with van der Waals surface area (Å²) in [5, 5.41) is 0. The van der Waals surface area contributed by atoms with Crippen molar-refractivity contribution in [3.63, 3.8) is 0 Å². The molecule has 0 unspecified atom stereocenters. The van der Waals surface area contributed by atoms with Crippen LogP contribution in [0, 0.1) is 0 Å². The number of nitrogens with one attached hydrogen (secondary N) is 1. The molecule has 180 valence electrons. The van der Waals surface area contributed by atoms with Crippen LogP contribution >= 0.6 is 0 Å². The molecular formula is C29H53NO. The quantitative estimate of drug-likeness (QED) is 0.130. The Morgan fingerprint density at radius 3 is 1.32 bits per heavy atom. The van der Waals surface area contributed by atoms with E-state index >= 15 is 0 Å². The minimum absolute atomic E-state index is 0.792. The van der Waals surface area contributed by atoms with E-state index in [1.807, 2.05) is 6.07 Å². The number of rotatable bonds is 24. The van der Waals surface area contributed by atoms with Crippen LogP contribution in [-0.2, 0) is 11.4 Å². The van der Waals surface area contributed by atoms with E-state index in [1.165, 1.54) is 134 Å². The highest BCUT2D eigenvalue weighted by molar-refractivity contribution is 5.13. The van der Waals surface area contributed by atoms with Gasteiger partial charge in [0, 0.05) is 6.54 Å². The Hall–Kier alpha value is -0.860. The minimum Gasteiger partial charge on any atom is -0.301 e. The molecule has 0 aliphatic heterocycles. The first-order valence-corrected chi connectivity index (χ1v) is 13.8. The maximum atomic E-state index is 5.52. The summed E-state index contributed by atoms with van der Waals surface area (Å²) in [4.78, 5) is 5.52. The van der Waals surface area contributed by atoms with Crippen LogP contribution in [0.4, 0.5) is 0 Å². The van der Waals surface area contributed by atoms with Crippen molar-refractivity contribution in [1.29, 1.82) is 0 Å². The summed E-state index contributed by atoms with van der Waals surface area (Å²) in [6.45, 7) is 3.91. The predicted octanol–water partition coefficient (Wildman–Crippen LogP) is 9.53. The van der Waals surface area contributed by atoms with Crippen LogP contribution in [0.1, 0.15) is 141 Å². The van der Waals surface area contributed by atoms with E-state index in [2.05, 4.69) is 36.7 Å². The van der Waals surface area contributed by atoms with Gasteiger partial charge in [-0.25, -0.2) is 0 Å². The molecule has 0 heterocycles. The number of unbranched alkanes of at least 4 members (excludes halogenated alkanes) is 19. The average molecular weight is 432 g/mol. The molecule has 2 nitrogen and oxygen atoms in total. The molecule has 0 saturated carbocycles.